The minimum atomic E-state index is -0.378. The normalized spacial score (nSPS) is 10.7. The van der Waals surface area contributed by atoms with Crippen molar-refractivity contribution in [2.24, 2.45) is 5.92 Å². The predicted octanol–water partition coefficient (Wildman–Crippen LogP) is 2.38. The second kappa shape index (κ2) is 8.60. The number of ketones is 2. The molecule has 0 aliphatic heterocycles. The van der Waals surface area contributed by atoms with Crippen LogP contribution in [0.15, 0.2) is 0 Å². The highest BCUT2D eigenvalue weighted by Gasteiger charge is 2.18. The van der Waals surface area contributed by atoms with Gasteiger partial charge in [0.05, 0.1) is 5.92 Å². The van der Waals surface area contributed by atoms with Gasteiger partial charge in [-0.3, -0.25) is 9.59 Å². The molecule has 0 rings (SSSR count). The predicted molar refractivity (Wildman–Crippen MR) is 59.8 cm³/mol. The maximum Gasteiger partial charge on any atom is 0.140 e. The summed E-state index contributed by atoms with van der Waals surface area (Å²) in [4.78, 5) is 22.2. The Labute approximate surface area is 92.2 Å². The number of hydrogen-bond donors (Lipinski definition) is 0. The van der Waals surface area contributed by atoms with Gasteiger partial charge in [0, 0.05) is 13.2 Å². The smallest absolute Gasteiger partial charge is 0.140 e. The Morgan fingerprint density at radius 1 is 1.07 bits per heavy atom. The molecule has 0 aromatic carbocycles. The van der Waals surface area contributed by atoms with Crippen molar-refractivity contribution < 1.29 is 14.3 Å². The number of Topliss-reactive ketones (excluding diaryl/α,β-unsaturated/α-hetero) is 2. The number of hydrogen-bond acceptors (Lipinski definition) is 3. The van der Waals surface area contributed by atoms with Crippen LogP contribution in [0.5, 0.6) is 0 Å². The molecule has 88 valence electrons. The summed E-state index contributed by atoms with van der Waals surface area (Å²) in [6.07, 6.45) is 3.65. The Hall–Kier alpha value is -0.700. The van der Waals surface area contributed by atoms with E-state index in [1.807, 2.05) is 6.92 Å². The lowest BCUT2D eigenvalue weighted by atomic mass is 9.94. The maximum absolute atomic E-state index is 11.1. The molecule has 0 heterocycles. The molecule has 0 N–H and O–H groups in total. The van der Waals surface area contributed by atoms with E-state index in [0.717, 1.165) is 32.5 Å². The Morgan fingerprint density at radius 2 is 1.67 bits per heavy atom. The van der Waals surface area contributed by atoms with Gasteiger partial charge in [-0.15, -0.1) is 0 Å². The molecular formula is C12H22O3. The van der Waals surface area contributed by atoms with Crippen LogP contribution in [0.25, 0.3) is 0 Å². The first-order chi connectivity index (χ1) is 7.09. The molecule has 0 aromatic rings. The van der Waals surface area contributed by atoms with Crippen LogP contribution >= 0.6 is 0 Å². The van der Waals surface area contributed by atoms with Gasteiger partial charge in [0.25, 0.3) is 0 Å². The van der Waals surface area contributed by atoms with Gasteiger partial charge in [-0.05, 0) is 33.6 Å². The summed E-state index contributed by atoms with van der Waals surface area (Å²) in [6.45, 7) is 6.49. The highest BCUT2D eigenvalue weighted by atomic mass is 16.5. The van der Waals surface area contributed by atoms with Gasteiger partial charge in [-0.25, -0.2) is 0 Å². The monoisotopic (exact) mass is 214 g/mol. The molecule has 0 amide bonds. The SMILES string of the molecule is CCOCCCCCC(C(C)=O)C(C)=O. The van der Waals surface area contributed by atoms with E-state index in [-0.39, 0.29) is 17.5 Å². The second-order valence-electron chi connectivity index (χ2n) is 3.82. The second-order valence-corrected chi connectivity index (χ2v) is 3.82. The topological polar surface area (TPSA) is 43.4 Å². The average Bonchev–Trinajstić information content (AvgIpc) is 2.15. The quantitative estimate of drug-likeness (QED) is 0.437. The molecule has 0 unspecified atom stereocenters. The van der Waals surface area contributed by atoms with Crippen molar-refractivity contribution in [1.82, 2.24) is 0 Å². The summed E-state index contributed by atoms with van der Waals surface area (Å²) in [5.74, 6) is -0.392. The number of ether oxygens (including phenoxy) is 1. The Balaban J connectivity index is 3.55. The van der Waals surface area contributed by atoms with Gasteiger partial charge in [0.1, 0.15) is 11.6 Å². The highest BCUT2D eigenvalue weighted by Crippen LogP contribution is 2.12. The van der Waals surface area contributed by atoms with Crippen LogP contribution in [0.4, 0.5) is 0 Å². The maximum atomic E-state index is 11.1. The molecule has 3 heteroatoms. The van der Waals surface area contributed by atoms with E-state index in [1.165, 1.54) is 13.8 Å². The average molecular weight is 214 g/mol. The molecular weight excluding hydrogens is 192 g/mol. The third kappa shape index (κ3) is 7.25. The van der Waals surface area contributed by atoms with Crippen LogP contribution in [0.1, 0.15) is 46.5 Å². The first-order valence-electron chi connectivity index (χ1n) is 5.68. The van der Waals surface area contributed by atoms with E-state index < -0.39 is 0 Å². The zero-order chi connectivity index (χ0) is 11.7. The van der Waals surface area contributed by atoms with E-state index >= 15 is 0 Å². The van der Waals surface area contributed by atoms with Crippen LogP contribution in [0, 0.1) is 5.92 Å². The van der Waals surface area contributed by atoms with E-state index in [1.54, 1.807) is 0 Å². The van der Waals surface area contributed by atoms with Crippen molar-refractivity contribution in [3.05, 3.63) is 0 Å². The molecule has 0 atom stereocenters. The standard InChI is InChI=1S/C12H22O3/c1-4-15-9-7-5-6-8-12(10(2)13)11(3)14/h12H,4-9H2,1-3H3. The molecule has 0 aliphatic rings. The van der Waals surface area contributed by atoms with E-state index in [2.05, 4.69) is 0 Å². The summed E-state index contributed by atoms with van der Waals surface area (Å²) in [7, 11) is 0. The van der Waals surface area contributed by atoms with Crippen molar-refractivity contribution in [2.75, 3.05) is 13.2 Å². The van der Waals surface area contributed by atoms with Crippen LogP contribution in [0.2, 0.25) is 0 Å². The minimum absolute atomic E-state index is 0.00712. The molecule has 0 bridgehead atoms. The highest BCUT2D eigenvalue weighted by molar-refractivity contribution is 6.00. The summed E-state index contributed by atoms with van der Waals surface area (Å²) in [5.41, 5.74) is 0. The molecule has 0 aliphatic carbocycles. The Bertz CT molecular complexity index is 185. The molecule has 0 saturated carbocycles. The zero-order valence-electron chi connectivity index (χ0n) is 10.0. The molecule has 15 heavy (non-hydrogen) atoms. The van der Waals surface area contributed by atoms with Gasteiger partial charge in [-0.1, -0.05) is 12.8 Å². The van der Waals surface area contributed by atoms with Crippen LogP contribution in [0.3, 0.4) is 0 Å². The van der Waals surface area contributed by atoms with E-state index in [4.69, 9.17) is 4.74 Å². The number of unbranched alkanes of at least 4 members (excludes halogenated alkanes) is 2. The van der Waals surface area contributed by atoms with Gasteiger partial charge >= 0.3 is 0 Å². The largest absolute Gasteiger partial charge is 0.382 e. The fourth-order valence-corrected chi connectivity index (χ4v) is 1.57. The number of carbonyl (C=O) groups excluding carboxylic acids is 2. The molecule has 0 fully saturated rings. The van der Waals surface area contributed by atoms with Crippen LogP contribution < -0.4 is 0 Å². The molecule has 0 aromatic heterocycles. The van der Waals surface area contributed by atoms with E-state index in [9.17, 15) is 9.59 Å². The van der Waals surface area contributed by atoms with Crippen molar-refractivity contribution in [2.45, 2.75) is 46.5 Å². The lowest BCUT2D eigenvalue weighted by Crippen LogP contribution is -2.19. The summed E-state index contributed by atoms with van der Waals surface area (Å²) >= 11 is 0. The van der Waals surface area contributed by atoms with Gasteiger partial charge < -0.3 is 4.74 Å². The van der Waals surface area contributed by atoms with Gasteiger partial charge in [0.2, 0.25) is 0 Å². The first-order valence-corrected chi connectivity index (χ1v) is 5.68. The number of carbonyl (C=O) groups is 2. The molecule has 0 saturated heterocycles. The molecule has 3 nitrogen and oxygen atoms in total. The number of rotatable bonds is 9. The fourth-order valence-electron chi connectivity index (χ4n) is 1.57. The Morgan fingerprint density at radius 3 is 2.13 bits per heavy atom. The van der Waals surface area contributed by atoms with Crippen molar-refractivity contribution in [1.29, 1.82) is 0 Å². The third-order valence-corrected chi connectivity index (χ3v) is 2.47. The Kier molecular flexibility index (Phi) is 8.19. The summed E-state index contributed by atoms with van der Waals surface area (Å²) < 4.78 is 5.20. The van der Waals surface area contributed by atoms with Gasteiger partial charge in [-0.2, -0.15) is 0 Å². The molecule has 0 spiro atoms. The third-order valence-electron chi connectivity index (χ3n) is 2.47. The summed E-state index contributed by atoms with van der Waals surface area (Å²) in [5, 5.41) is 0. The zero-order valence-corrected chi connectivity index (χ0v) is 10.0. The van der Waals surface area contributed by atoms with Crippen molar-refractivity contribution >= 4 is 11.6 Å². The van der Waals surface area contributed by atoms with E-state index in [0.29, 0.717) is 6.42 Å². The summed E-state index contributed by atoms with van der Waals surface area (Å²) in [6, 6.07) is 0. The first kappa shape index (κ1) is 14.3. The van der Waals surface area contributed by atoms with Crippen LogP contribution in [-0.4, -0.2) is 24.8 Å². The van der Waals surface area contributed by atoms with Crippen LogP contribution in [-0.2, 0) is 14.3 Å². The van der Waals surface area contributed by atoms with Crippen molar-refractivity contribution in [3.63, 3.8) is 0 Å². The lowest BCUT2D eigenvalue weighted by Gasteiger charge is -2.09. The van der Waals surface area contributed by atoms with Gasteiger partial charge in [0.15, 0.2) is 0 Å². The minimum Gasteiger partial charge on any atom is -0.382 e. The fraction of sp³-hybridized carbons (Fsp3) is 0.833. The van der Waals surface area contributed by atoms with Crippen molar-refractivity contribution in [3.8, 4) is 0 Å². The lowest BCUT2D eigenvalue weighted by molar-refractivity contribution is -0.130. The molecule has 0 radical (unpaired) electrons.